The fourth-order valence-electron chi connectivity index (χ4n) is 3.90. The summed E-state index contributed by atoms with van der Waals surface area (Å²) in [6.45, 7) is 5.81. The van der Waals surface area contributed by atoms with Crippen molar-refractivity contribution in [1.29, 1.82) is 5.26 Å². The van der Waals surface area contributed by atoms with Crippen LogP contribution in [0.25, 0.3) is 10.9 Å². The van der Waals surface area contributed by atoms with Crippen molar-refractivity contribution in [2.45, 2.75) is 50.7 Å². The van der Waals surface area contributed by atoms with E-state index in [9.17, 15) is 31.4 Å². The van der Waals surface area contributed by atoms with Crippen LogP contribution in [0.15, 0.2) is 36.9 Å². The molecule has 35 heavy (non-hydrogen) atoms. The molecule has 0 unspecified atom stereocenters. The molecule has 0 saturated carbocycles. The van der Waals surface area contributed by atoms with Gasteiger partial charge in [-0.1, -0.05) is 18.2 Å². The van der Waals surface area contributed by atoms with Crippen LogP contribution in [0.1, 0.15) is 49.1 Å². The van der Waals surface area contributed by atoms with Gasteiger partial charge in [0, 0.05) is 25.4 Å². The highest BCUT2D eigenvalue weighted by atomic mass is 32.1. The molecule has 2 N–H and O–H groups in total. The fraction of sp³-hybridized carbons (Fsp3) is 0.435. The molecular formula is C23H24F6N4OS. The van der Waals surface area contributed by atoms with E-state index in [2.05, 4.69) is 16.9 Å². The van der Waals surface area contributed by atoms with Gasteiger partial charge in [0.25, 0.3) is 0 Å². The van der Waals surface area contributed by atoms with Crippen LogP contribution in [0.3, 0.4) is 0 Å². The molecule has 0 amide bonds. The van der Waals surface area contributed by atoms with Gasteiger partial charge in [0.1, 0.15) is 11.8 Å². The van der Waals surface area contributed by atoms with Gasteiger partial charge in [-0.15, -0.1) is 6.58 Å². The van der Waals surface area contributed by atoms with Crippen molar-refractivity contribution < 1.29 is 31.4 Å². The maximum Gasteiger partial charge on any atom is 0.433 e. The Kier molecular flexibility index (Phi) is 9.45. The highest BCUT2D eigenvalue weighted by Crippen LogP contribution is 2.40. The molecule has 0 aliphatic carbocycles. The minimum Gasteiger partial charge on any atom is -0.386 e. The third-order valence-corrected chi connectivity index (χ3v) is 5.74. The molecule has 0 spiro atoms. The molecule has 12 heteroatoms. The molecule has 0 bridgehead atoms. The van der Waals surface area contributed by atoms with E-state index < -0.39 is 41.3 Å². The van der Waals surface area contributed by atoms with Crippen LogP contribution < -0.4 is 5.32 Å². The number of aromatic nitrogens is 1. The number of fused-ring (bicyclic) bond motifs is 1. The van der Waals surface area contributed by atoms with E-state index in [1.807, 2.05) is 0 Å². The van der Waals surface area contributed by atoms with Crippen LogP contribution in [0.5, 0.6) is 0 Å². The smallest absolute Gasteiger partial charge is 0.386 e. The van der Waals surface area contributed by atoms with Gasteiger partial charge in [0.05, 0.1) is 23.2 Å². The number of nitrogens with one attached hydrogen (secondary N) is 1. The number of rotatable bonds is 4. The lowest BCUT2D eigenvalue weighted by atomic mass is 9.90. The summed E-state index contributed by atoms with van der Waals surface area (Å²) in [5.74, 6) is 0. The SMILES string of the molecule is C=CCNC(=S)N1CCCC[C@@H]1[C@@H](O)c1cc(C(F)(F)F)nc2c(C(F)(F)F)cccc12.CC#N. The van der Waals surface area contributed by atoms with Crippen molar-refractivity contribution in [1.82, 2.24) is 15.2 Å². The zero-order valence-corrected chi connectivity index (χ0v) is 19.6. The van der Waals surface area contributed by atoms with Crippen LogP contribution in [0.4, 0.5) is 26.3 Å². The first-order valence-corrected chi connectivity index (χ1v) is 11.0. The van der Waals surface area contributed by atoms with Crippen LogP contribution in [0.2, 0.25) is 0 Å². The van der Waals surface area contributed by atoms with Crippen molar-refractivity contribution in [3.8, 4) is 6.07 Å². The van der Waals surface area contributed by atoms with Gasteiger partial charge in [-0.3, -0.25) is 0 Å². The summed E-state index contributed by atoms with van der Waals surface area (Å²) in [5.41, 5.74) is -3.90. The number of piperidine rings is 1. The number of nitriles is 1. The third kappa shape index (κ3) is 6.82. The summed E-state index contributed by atoms with van der Waals surface area (Å²) in [6, 6.07) is 4.66. The maximum absolute atomic E-state index is 13.5. The van der Waals surface area contributed by atoms with Gasteiger partial charge in [-0.2, -0.15) is 31.6 Å². The van der Waals surface area contributed by atoms with E-state index in [1.165, 1.54) is 13.0 Å². The Morgan fingerprint density at radius 3 is 2.54 bits per heavy atom. The Labute approximate surface area is 204 Å². The van der Waals surface area contributed by atoms with E-state index in [1.54, 1.807) is 17.0 Å². The minimum atomic E-state index is -4.99. The molecular weight excluding hydrogens is 494 g/mol. The number of halogens is 6. The fourth-order valence-corrected chi connectivity index (χ4v) is 4.21. The lowest BCUT2D eigenvalue weighted by molar-refractivity contribution is -0.142. The number of hydrogen-bond donors (Lipinski definition) is 2. The number of alkyl halides is 6. The van der Waals surface area contributed by atoms with Crippen LogP contribution in [-0.2, 0) is 12.4 Å². The molecule has 3 rings (SSSR count). The molecule has 5 nitrogen and oxygen atoms in total. The Morgan fingerprint density at radius 2 is 1.97 bits per heavy atom. The Balaban J connectivity index is 0.00000137. The summed E-state index contributed by atoms with van der Waals surface area (Å²) in [6.07, 6.45) is -8.00. The van der Waals surface area contributed by atoms with Crippen LogP contribution >= 0.6 is 12.2 Å². The highest BCUT2D eigenvalue weighted by molar-refractivity contribution is 7.80. The number of aliphatic hydroxyl groups is 1. The first kappa shape index (κ1) is 28.3. The summed E-state index contributed by atoms with van der Waals surface area (Å²) < 4.78 is 81.0. The molecule has 1 aromatic heterocycles. The predicted molar refractivity (Wildman–Crippen MR) is 123 cm³/mol. The number of nitrogens with zero attached hydrogens (tertiary/aromatic N) is 3. The van der Waals surface area contributed by atoms with E-state index in [-0.39, 0.29) is 10.9 Å². The van der Waals surface area contributed by atoms with Gasteiger partial charge in [-0.25, -0.2) is 4.98 Å². The number of thiocarbonyl (C=S) groups is 1. The molecule has 1 saturated heterocycles. The van der Waals surface area contributed by atoms with Crippen molar-refractivity contribution in [3.63, 3.8) is 0 Å². The standard InChI is InChI=1S/C21H21F6N3OS.C2H3N/c1-2-9-28-19(32)30-10-4-3-8-15(30)18(31)13-11-16(21(25,26)27)29-17-12(13)6-5-7-14(17)20(22,23)24;1-2-3/h2,5-7,11,15,18,31H,1,3-4,8-10H2,(H,28,32);1H3/t15-,18+;/m1./s1. The summed E-state index contributed by atoms with van der Waals surface area (Å²) in [5, 5.41) is 21.5. The van der Waals surface area contributed by atoms with E-state index in [0.29, 0.717) is 43.2 Å². The van der Waals surface area contributed by atoms with Crippen LogP contribution in [-0.4, -0.2) is 39.2 Å². The average Bonchev–Trinajstić information content (AvgIpc) is 2.80. The zero-order valence-electron chi connectivity index (χ0n) is 18.7. The largest absolute Gasteiger partial charge is 0.433 e. The number of aliphatic hydroxyl groups excluding tert-OH is 1. The normalized spacial score (nSPS) is 17.1. The molecule has 2 heterocycles. The van der Waals surface area contributed by atoms with E-state index in [0.717, 1.165) is 12.5 Å². The third-order valence-electron chi connectivity index (χ3n) is 5.36. The molecule has 1 aliphatic heterocycles. The molecule has 1 aliphatic rings. The highest BCUT2D eigenvalue weighted by Gasteiger charge is 2.39. The van der Waals surface area contributed by atoms with Gasteiger partial charge >= 0.3 is 12.4 Å². The summed E-state index contributed by atoms with van der Waals surface area (Å²) in [7, 11) is 0. The zero-order chi connectivity index (χ0) is 26.4. The Morgan fingerprint density at radius 1 is 1.31 bits per heavy atom. The first-order chi connectivity index (χ1) is 16.4. The van der Waals surface area contributed by atoms with Gasteiger partial charge in [0.2, 0.25) is 0 Å². The first-order valence-electron chi connectivity index (χ1n) is 10.6. The lowest BCUT2D eigenvalue weighted by Gasteiger charge is -2.40. The van der Waals surface area contributed by atoms with Gasteiger partial charge < -0.3 is 15.3 Å². The van der Waals surface area contributed by atoms with Crippen molar-refractivity contribution in [2.75, 3.05) is 13.1 Å². The second-order valence-electron chi connectivity index (χ2n) is 7.69. The molecule has 1 fully saturated rings. The number of benzene rings is 1. The van der Waals surface area contributed by atoms with E-state index >= 15 is 0 Å². The second kappa shape index (κ2) is 11.7. The molecule has 1 aromatic carbocycles. The maximum atomic E-state index is 13.5. The van der Waals surface area contributed by atoms with Crippen molar-refractivity contribution in [2.24, 2.45) is 0 Å². The number of hydrogen-bond acceptors (Lipinski definition) is 4. The number of pyridine rings is 1. The van der Waals surface area contributed by atoms with E-state index in [4.69, 9.17) is 17.5 Å². The molecule has 2 aromatic rings. The Hall–Kier alpha value is -2.91. The average molecular weight is 519 g/mol. The minimum absolute atomic E-state index is 0.184. The summed E-state index contributed by atoms with van der Waals surface area (Å²) in [4.78, 5) is 4.94. The summed E-state index contributed by atoms with van der Waals surface area (Å²) >= 11 is 5.35. The van der Waals surface area contributed by atoms with Gasteiger partial charge in [0.15, 0.2) is 5.11 Å². The monoisotopic (exact) mass is 518 g/mol. The number of para-hydroxylation sites is 1. The van der Waals surface area contributed by atoms with Crippen molar-refractivity contribution >= 4 is 28.2 Å². The van der Waals surface area contributed by atoms with Crippen LogP contribution in [0, 0.1) is 11.3 Å². The molecule has 190 valence electrons. The predicted octanol–water partition coefficient (Wildman–Crippen LogP) is 5.75. The molecule has 2 atom stereocenters. The topological polar surface area (TPSA) is 72.2 Å². The van der Waals surface area contributed by atoms with Crippen molar-refractivity contribution in [3.05, 3.63) is 53.7 Å². The number of likely N-dealkylation sites (tertiary alicyclic amines) is 1. The Bertz CT molecular complexity index is 1100. The molecule has 0 radical (unpaired) electrons. The quantitative estimate of drug-likeness (QED) is 0.305. The van der Waals surface area contributed by atoms with Gasteiger partial charge in [-0.05, 0) is 49.2 Å². The lowest BCUT2D eigenvalue weighted by Crippen LogP contribution is -2.50. The second-order valence-corrected chi connectivity index (χ2v) is 8.08.